The predicted molar refractivity (Wildman–Crippen MR) is 68.6 cm³/mol. The maximum absolute atomic E-state index is 5.69. The van der Waals surface area contributed by atoms with Crippen LogP contribution in [0.25, 0.3) is 0 Å². The fraction of sp³-hybridized carbons (Fsp3) is 1.00. The molecule has 0 radical (unpaired) electrons. The molecule has 1 saturated heterocycles. The highest BCUT2D eigenvalue weighted by atomic mass is 32.2. The van der Waals surface area contributed by atoms with Gasteiger partial charge in [-0.2, -0.15) is 11.8 Å². The summed E-state index contributed by atoms with van der Waals surface area (Å²) in [5.74, 6) is 1.33. The third-order valence-electron chi connectivity index (χ3n) is 2.93. The minimum atomic E-state index is -0.0312. The normalized spacial score (nSPS) is 28.0. The molecule has 3 heteroatoms. The van der Waals surface area contributed by atoms with Gasteiger partial charge in [0.05, 0.1) is 5.60 Å². The van der Waals surface area contributed by atoms with Gasteiger partial charge < -0.3 is 10.1 Å². The topological polar surface area (TPSA) is 21.3 Å². The summed E-state index contributed by atoms with van der Waals surface area (Å²) in [5, 5.41) is 4.40. The van der Waals surface area contributed by atoms with Gasteiger partial charge in [0.1, 0.15) is 0 Å². The van der Waals surface area contributed by atoms with Crippen molar-refractivity contribution < 1.29 is 4.74 Å². The second-order valence-corrected chi connectivity index (χ2v) is 6.38. The summed E-state index contributed by atoms with van der Waals surface area (Å²) in [6.07, 6.45) is 2.66. The Kier molecular flexibility index (Phi) is 5.44. The average molecular weight is 231 g/mol. The van der Waals surface area contributed by atoms with Gasteiger partial charge in [-0.25, -0.2) is 0 Å². The van der Waals surface area contributed by atoms with Crippen LogP contribution >= 0.6 is 11.8 Å². The zero-order valence-corrected chi connectivity index (χ0v) is 11.3. The van der Waals surface area contributed by atoms with E-state index < -0.39 is 0 Å². The zero-order valence-electron chi connectivity index (χ0n) is 10.5. The molecule has 0 aromatic carbocycles. The summed E-state index contributed by atoms with van der Waals surface area (Å²) in [6, 6.07) is 0.670. The van der Waals surface area contributed by atoms with Gasteiger partial charge in [0.15, 0.2) is 0 Å². The molecule has 0 aromatic rings. The van der Waals surface area contributed by atoms with Crippen LogP contribution in [0.15, 0.2) is 0 Å². The van der Waals surface area contributed by atoms with E-state index in [-0.39, 0.29) is 5.60 Å². The van der Waals surface area contributed by atoms with Crippen LogP contribution in [-0.2, 0) is 4.74 Å². The van der Waals surface area contributed by atoms with Crippen molar-refractivity contribution in [2.75, 3.05) is 18.9 Å². The molecule has 0 aliphatic carbocycles. The standard InChI is InChI=1S/C12H25NOS/c1-5-14-12(3,4)9-13-11-7-6-8-15-10(11)2/h10-11,13H,5-9H2,1-4H3. The Morgan fingerprint density at radius 2 is 2.20 bits per heavy atom. The summed E-state index contributed by atoms with van der Waals surface area (Å²) >= 11 is 2.09. The van der Waals surface area contributed by atoms with Gasteiger partial charge in [-0.15, -0.1) is 0 Å². The van der Waals surface area contributed by atoms with Gasteiger partial charge in [0, 0.05) is 24.4 Å². The van der Waals surface area contributed by atoms with E-state index in [2.05, 4.69) is 44.8 Å². The Balaban J connectivity index is 2.28. The van der Waals surface area contributed by atoms with Crippen LogP contribution in [0.1, 0.15) is 40.5 Å². The van der Waals surface area contributed by atoms with Crippen LogP contribution in [0.5, 0.6) is 0 Å². The van der Waals surface area contributed by atoms with Gasteiger partial charge in [-0.3, -0.25) is 0 Å². The molecule has 0 bridgehead atoms. The molecule has 1 N–H and O–H groups in total. The lowest BCUT2D eigenvalue weighted by Gasteiger charge is -2.33. The molecule has 1 aliphatic heterocycles. The summed E-state index contributed by atoms with van der Waals surface area (Å²) in [5.41, 5.74) is -0.0312. The molecule has 0 saturated carbocycles. The van der Waals surface area contributed by atoms with Gasteiger partial charge >= 0.3 is 0 Å². The number of hydrogen-bond acceptors (Lipinski definition) is 3. The van der Waals surface area contributed by atoms with E-state index in [4.69, 9.17) is 4.74 Å². The molecular weight excluding hydrogens is 206 g/mol. The van der Waals surface area contributed by atoms with E-state index in [1.807, 2.05) is 0 Å². The quantitative estimate of drug-likeness (QED) is 0.786. The molecule has 2 unspecified atom stereocenters. The van der Waals surface area contributed by atoms with E-state index in [0.29, 0.717) is 6.04 Å². The zero-order chi connectivity index (χ0) is 11.3. The third-order valence-corrected chi connectivity index (χ3v) is 4.31. The highest BCUT2D eigenvalue weighted by Crippen LogP contribution is 2.25. The predicted octanol–water partition coefficient (Wildman–Crippen LogP) is 2.68. The SMILES string of the molecule is CCOC(C)(C)CNC1CCCSC1C. The van der Waals surface area contributed by atoms with Gasteiger partial charge in [0.2, 0.25) is 0 Å². The monoisotopic (exact) mass is 231 g/mol. The molecule has 1 heterocycles. The first-order valence-corrected chi connectivity index (χ1v) is 7.09. The minimum absolute atomic E-state index is 0.0312. The lowest BCUT2D eigenvalue weighted by molar-refractivity contribution is -0.0107. The fourth-order valence-corrected chi connectivity index (χ4v) is 3.18. The van der Waals surface area contributed by atoms with E-state index in [0.717, 1.165) is 18.4 Å². The van der Waals surface area contributed by atoms with Crippen molar-refractivity contribution >= 4 is 11.8 Å². The third kappa shape index (κ3) is 4.75. The summed E-state index contributed by atoms with van der Waals surface area (Å²) in [4.78, 5) is 0. The molecule has 1 aliphatic rings. The first-order valence-electron chi connectivity index (χ1n) is 6.04. The van der Waals surface area contributed by atoms with Crippen molar-refractivity contribution in [3.63, 3.8) is 0 Å². The molecule has 1 fully saturated rings. The number of hydrogen-bond donors (Lipinski definition) is 1. The lowest BCUT2D eigenvalue weighted by atomic mass is 10.1. The Labute approximate surface area is 98.5 Å². The van der Waals surface area contributed by atoms with Crippen LogP contribution in [0.3, 0.4) is 0 Å². The van der Waals surface area contributed by atoms with E-state index in [1.54, 1.807) is 0 Å². The second kappa shape index (κ2) is 6.12. The molecule has 15 heavy (non-hydrogen) atoms. The van der Waals surface area contributed by atoms with Crippen LogP contribution in [0, 0.1) is 0 Å². The van der Waals surface area contributed by atoms with Crippen molar-refractivity contribution in [1.82, 2.24) is 5.32 Å². The van der Waals surface area contributed by atoms with Crippen molar-refractivity contribution in [2.45, 2.75) is 57.4 Å². The minimum Gasteiger partial charge on any atom is -0.375 e. The molecule has 2 nitrogen and oxygen atoms in total. The number of ether oxygens (including phenoxy) is 1. The fourth-order valence-electron chi connectivity index (χ4n) is 2.01. The van der Waals surface area contributed by atoms with Crippen molar-refractivity contribution in [3.05, 3.63) is 0 Å². The molecule has 0 amide bonds. The van der Waals surface area contributed by atoms with Gasteiger partial charge in [0.25, 0.3) is 0 Å². The van der Waals surface area contributed by atoms with Crippen LogP contribution in [0.2, 0.25) is 0 Å². The summed E-state index contributed by atoms with van der Waals surface area (Å²) < 4.78 is 5.69. The molecule has 0 spiro atoms. The Bertz CT molecular complexity index is 184. The van der Waals surface area contributed by atoms with Crippen molar-refractivity contribution in [3.8, 4) is 0 Å². The Hall–Kier alpha value is 0.270. The second-order valence-electron chi connectivity index (χ2n) is 4.90. The molecular formula is C12H25NOS. The summed E-state index contributed by atoms with van der Waals surface area (Å²) in [7, 11) is 0. The smallest absolute Gasteiger partial charge is 0.0750 e. The molecule has 90 valence electrons. The van der Waals surface area contributed by atoms with E-state index in [9.17, 15) is 0 Å². The van der Waals surface area contributed by atoms with E-state index in [1.165, 1.54) is 18.6 Å². The van der Waals surface area contributed by atoms with Crippen LogP contribution < -0.4 is 5.32 Å². The maximum Gasteiger partial charge on any atom is 0.0750 e. The van der Waals surface area contributed by atoms with Crippen molar-refractivity contribution in [1.29, 1.82) is 0 Å². The Morgan fingerprint density at radius 3 is 2.80 bits per heavy atom. The lowest BCUT2D eigenvalue weighted by Crippen LogP contribution is -2.46. The van der Waals surface area contributed by atoms with Crippen LogP contribution in [0.4, 0.5) is 0 Å². The average Bonchev–Trinajstić information content (AvgIpc) is 2.16. The number of rotatable bonds is 5. The highest BCUT2D eigenvalue weighted by molar-refractivity contribution is 7.99. The number of thioether (sulfide) groups is 1. The first kappa shape index (κ1) is 13.3. The molecule has 0 aromatic heterocycles. The maximum atomic E-state index is 5.69. The summed E-state index contributed by atoms with van der Waals surface area (Å²) in [6.45, 7) is 10.4. The van der Waals surface area contributed by atoms with Gasteiger partial charge in [-0.1, -0.05) is 6.92 Å². The van der Waals surface area contributed by atoms with Crippen molar-refractivity contribution in [2.24, 2.45) is 0 Å². The van der Waals surface area contributed by atoms with Crippen LogP contribution in [-0.4, -0.2) is 35.8 Å². The van der Waals surface area contributed by atoms with Gasteiger partial charge in [-0.05, 0) is 39.4 Å². The molecule has 2 atom stereocenters. The highest BCUT2D eigenvalue weighted by Gasteiger charge is 2.24. The Morgan fingerprint density at radius 1 is 1.47 bits per heavy atom. The van der Waals surface area contributed by atoms with E-state index >= 15 is 0 Å². The largest absolute Gasteiger partial charge is 0.375 e. The first-order chi connectivity index (χ1) is 7.05. The molecule has 1 rings (SSSR count). The number of nitrogens with one attached hydrogen (secondary N) is 1.